The van der Waals surface area contributed by atoms with Crippen LogP contribution in [0.15, 0.2) is 47.4 Å². The van der Waals surface area contributed by atoms with Crippen molar-refractivity contribution in [1.82, 2.24) is 14.1 Å². The van der Waals surface area contributed by atoms with Gasteiger partial charge >= 0.3 is 0 Å². The lowest BCUT2D eigenvalue weighted by atomic mass is 10.1. The van der Waals surface area contributed by atoms with Crippen LogP contribution in [-0.2, 0) is 0 Å². The van der Waals surface area contributed by atoms with E-state index in [0.29, 0.717) is 21.7 Å². The zero-order chi connectivity index (χ0) is 20.2. The molecule has 0 spiro atoms. The first-order valence-corrected chi connectivity index (χ1v) is 9.51. The zero-order valence-corrected chi connectivity index (χ0v) is 16.9. The van der Waals surface area contributed by atoms with Crippen molar-refractivity contribution in [3.8, 4) is 5.69 Å². The Labute approximate surface area is 167 Å². The van der Waals surface area contributed by atoms with Gasteiger partial charge in [0.2, 0.25) is 5.91 Å². The molecule has 2 aromatic carbocycles. The fourth-order valence-corrected chi connectivity index (χ4v) is 3.79. The standard InChI is InChI=1S/C22H20ClN3O2/c1-12(2)21-24-20-17(22(28)26(21)16-7-5-15(23)6-8-16)9-10-18-19(20)13(3)11-25(18)14(4)27/h5-12H,1-4H3. The van der Waals surface area contributed by atoms with Gasteiger partial charge in [0.05, 0.1) is 22.1 Å². The van der Waals surface area contributed by atoms with Crippen molar-refractivity contribution in [2.45, 2.75) is 33.6 Å². The molecule has 0 amide bonds. The first-order chi connectivity index (χ1) is 13.3. The molecule has 0 N–H and O–H groups in total. The molecule has 0 saturated heterocycles. The number of aryl methyl sites for hydroxylation is 1. The van der Waals surface area contributed by atoms with Gasteiger partial charge in [0, 0.05) is 29.4 Å². The number of nitrogens with zero attached hydrogens (tertiary/aromatic N) is 3. The summed E-state index contributed by atoms with van der Waals surface area (Å²) in [6.45, 7) is 7.47. The van der Waals surface area contributed by atoms with Gasteiger partial charge in [0.25, 0.3) is 5.56 Å². The molecule has 0 radical (unpaired) electrons. The Morgan fingerprint density at radius 1 is 1.11 bits per heavy atom. The first kappa shape index (κ1) is 18.4. The molecule has 0 aliphatic carbocycles. The average Bonchev–Trinajstić information content (AvgIpc) is 3.00. The summed E-state index contributed by atoms with van der Waals surface area (Å²) >= 11 is 6.01. The fourth-order valence-electron chi connectivity index (χ4n) is 3.66. The van der Waals surface area contributed by atoms with Crippen LogP contribution < -0.4 is 5.56 Å². The third-order valence-corrected chi connectivity index (χ3v) is 5.21. The number of rotatable bonds is 2. The summed E-state index contributed by atoms with van der Waals surface area (Å²) < 4.78 is 3.25. The Morgan fingerprint density at radius 3 is 2.39 bits per heavy atom. The number of hydrogen-bond donors (Lipinski definition) is 0. The lowest BCUT2D eigenvalue weighted by molar-refractivity contribution is 0.0941. The summed E-state index contributed by atoms with van der Waals surface area (Å²) in [6.07, 6.45) is 1.80. The van der Waals surface area contributed by atoms with Crippen LogP contribution in [0.1, 0.15) is 42.9 Å². The highest BCUT2D eigenvalue weighted by molar-refractivity contribution is 6.30. The number of carbonyl (C=O) groups excluding carboxylic acids is 1. The van der Waals surface area contributed by atoms with E-state index >= 15 is 0 Å². The van der Waals surface area contributed by atoms with Gasteiger partial charge in [-0.1, -0.05) is 25.4 Å². The molecule has 4 rings (SSSR count). The molecule has 6 heteroatoms. The number of fused-ring (bicyclic) bond motifs is 3. The number of hydrogen-bond acceptors (Lipinski definition) is 3. The second-order valence-corrected chi connectivity index (χ2v) is 7.74. The number of halogens is 1. The molecule has 4 aromatic rings. The minimum Gasteiger partial charge on any atom is -0.287 e. The molecule has 0 atom stereocenters. The maximum atomic E-state index is 13.5. The molecule has 0 fully saturated rings. The molecule has 0 bridgehead atoms. The van der Waals surface area contributed by atoms with Crippen LogP contribution in [-0.4, -0.2) is 20.0 Å². The Balaban J connectivity index is 2.15. The Hall–Kier alpha value is -2.92. The molecule has 0 aliphatic heterocycles. The summed E-state index contributed by atoms with van der Waals surface area (Å²) in [6, 6.07) is 10.7. The van der Waals surface area contributed by atoms with Crippen molar-refractivity contribution < 1.29 is 4.79 Å². The zero-order valence-electron chi connectivity index (χ0n) is 16.2. The van der Waals surface area contributed by atoms with Crippen LogP contribution in [0.5, 0.6) is 0 Å². The Morgan fingerprint density at radius 2 is 1.79 bits per heavy atom. The van der Waals surface area contributed by atoms with Crippen molar-refractivity contribution in [2.75, 3.05) is 0 Å². The van der Waals surface area contributed by atoms with Crippen LogP contribution in [0.25, 0.3) is 27.5 Å². The summed E-state index contributed by atoms with van der Waals surface area (Å²) in [7, 11) is 0. The molecular weight excluding hydrogens is 374 g/mol. The van der Waals surface area contributed by atoms with Gasteiger partial charge in [-0.05, 0) is 48.9 Å². The highest BCUT2D eigenvalue weighted by Gasteiger charge is 2.19. The Bertz CT molecular complexity index is 1300. The molecule has 0 aliphatic rings. The normalized spacial score (nSPS) is 11.6. The van der Waals surface area contributed by atoms with Gasteiger partial charge in [-0.15, -0.1) is 0 Å². The van der Waals surface area contributed by atoms with Crippen LogP contribution in [0, 0.1) is 6.92 Å². The van der Waals surface area contributed by atoms with Crippen molar-refractivity contribution in [1.29, 1.82) is 0 Å². The van der Waals surface area contributed by atoms with E-state index in [-0.39, 0.29) is 17.4 Å². The summed E-state index contributed by atoms with van der Waals surface area (Å²) in [5.74, 6) is 0.622. The topological polar surface area (TPSA) is 56.9 Å². The summed E-state index contributed by atoms with van der Waals surface area (Å²) in [5.41, 5.74) is 2.91. The summed E-state index contributed by atoms with van der Waals surface area (Å²) in [4.78, 5) is 30.3. The van der Waals surface area contributed by atoms with E-state index in [0.717, 1.165) is 22.2 Å². The summed E-state index contributed by atoms with van der Waals surface area (Å²) in [5, 5.41) is 1.98. The maximum Gasteiger partial charge on any atom is 0.266 e. The van der Waals surface area contributed by atoms with E-state index in [1.807, 2.05) is 39.0 Å². The predicted octanol–water partition coefficient (Wildman–Crippen LogP) is 5.09. The van der Waals surface area contributed by atoms with Crippen molar-refractivity contribution in [2.24, 2.45) is 0 Å². The second-order valence-electron chi connectivity index (χ2n) is 7.30. The van der Waals surface area contributed by atoms with E-state index in [1.165, 1.54) is 6.92 Å². The van der Waals surface area contributed by atoms with Crippen molar-refractivity contribution >= 4 is 39.3 Å². The minimum absolute atomic E-state index is 0.0261. The SMILES string of the molecule is CC(=O)n1cc(C)c2c3nc(C(C)C)n(-c4ccc(Cl)cc4)c(=O)c3ccc21. The van der Waals surface area contributed by atoms with Gasteiger partial charge in [-0.25, -0.2) is 4.98 Å². The predicted molar refractivity (Wildman–Crippen MR) is 113 cm³/mol. The minimum atomic E-state index is -0.132. The smallest absolute Gasteiger partial charge is 0.266 e. The van der Waals surface area contributed by atoms with Crippen molar-refractivity contribution in [3.05, 3.63) is 69.4 Å². The molecule has 0 unspecified atom stereocenters. The third-order valence-electron chi connectivity index (χ3n) is 4.96. The van der Waals surface area contributed by atoms with Gasteiger partial charge < -0.3 is 0 Å². The number of benzene rings is 2. The van der Waals surface area contributed by atoms with Gasteiger partial charge in [0.1, 0.15) is 5.82 Å². The number of aromatic nitrogens is 3. The van der Waals surface area contributed by atoms with Gasteiger partial charge in [0.15, 0.2) is 0 Å². The maximum absolute atomic E-state index is 13.5. The lowest BCUT2D eigenvalue weighted by Crippen LogP contribution is -2.24. The largest absolute Gasteiger partial charge is 0.287 e. The molecule has 2 heterocycles. The molecule has 0 saturated carbocycles. The quantitative estimate of drug-likeness (QED) is 0.477. The molecular formula is C22H20ClN3O2. The van der Waals surface area contributed by atoms with Crippen LogP contribution in [0.2, 0.25) is 5.02 Å². The monoisotopic (exact) mass is 393 g/mol. The van der Waals surface area contributed by atoms with Crippen molar-refractivity contribution in [3.63, 3.8) is 0 Å². The highest BCUT2D eigenvalue weighted by Crippen LogP contribution is 2.29. The van der Waals surface area contributed by atoms with Crippen LogP contribution in [0.3, 0.4) is 0 Å². The average molecular weight is 394 g/mol. The molecule has 142 valence electrons. The molecule has 28 heavy (non-hydrogen) atoms. The molecule has 5 nitrogen and oxygen atoms in total. The van der Waals surface area contributed by atoms with E-state index in [9.17, 15) is 9.59 Å². The number of carbonyl (C=O) groups is 1. The van der Waals surface area contributed by atoms with Gasteiger partial charge in [-0.3, -0.25) is 18.7 Å². The van der Waals surface area contributed by atoms with E-state index in [4.69, 9.17) is 16.6 Å². The highest BCUT2D eigenvalue weighted by atomic mass is 35.5. The van der Waals surface area contributed by atoms with Gasteiger partial charge in [-0.2, -0.15) is 0 Å². The fraction of sp³-hybridized carbons (Fsp3) is 0.227. The van der Waals surface area contributed by atoms with Crippen LogP contribution in [0.4, 0.5) is 0 Å². The first-order valence-electron chi connectivity index (χ1n) is 9.13. The van der Waals surface area contributed by atoms with E-state index in [1.54, 1.807) is 33.5 Å². The third kappa shape index (κ3) is 2.74. The van der Waals surface area contributed by atoms with E-state index < -0.39 is 0 Å². The lowest BCUT2D eigenvalue weighted by Gasteiger charge is -2.16. The van der Waals surface area contributed by atoms with Crippen LogP contribution >= 0.6 is 11.6 Å². The molecule has 2 aromatic heterocycles. The second kappa shape index (κ2) is 6.60. The Kier molecular flexibility index (Phi) is 4.35. The van der Waals surface area contributed by atoms with E-state index in [2.05, 4.69) is 0 Å².